The van der Waals surface area contributed by atoms with Crippen LogP contribution in [-0.2, 0) is 5.60 Å². The van der Waals surface area contributed by atoms with Gasteiger partial charge in [-0.2, -0.15) is 0 Å². The van der Waals surface area contributed by atoms with E-state index in [9.17, 15) is 5.11 Å². The Kier molecular flexibility index (Phi) is 4.56. The molecule has 0 fully saturated rings. The van der Waals surface area contributed by atoms with Crippen LogP contribution in [0.4, 0.5) is 0 Å². The fraction of sp³-hybridized carbons (Fsp3) is 0.0870. The third-order valence-corrected chi connectivity index (χ3v) is 5.08. The van der Waals surface area contributed by atoms with Gasteiger partial charge >= 0.3 is 0 Å². The van der Waals surface area contributed by atoms with Crippen LogP contribution in [0, 0.1) is 0 Å². The van der Waals surface area contributed by atoms with Gasteiger partial charge in [-0.25, -0.2) is 0 Å². The SMILES string of the molecule is COc1ccc(C(O)(c2ccc(Cl)cc2)c2cncc3ccccc23)cc1. The molecule has 1 N–H and O–H groups in total. The summed E-state index contributed by atoms with van der Waals surface area (Å²) in [5.74, 6) is 0.730. The van der Waals surface area contributed by atoms with Gasteiger partial charge in [0, 0.05) is 28.4 Å². The number of pyridine rings is 1. The zero-order valence-electron chi connectivity index (χ0n) is 14.8. The van der Waals surface area contributed by atoms with Gasteiger partial charge in [-0.15, -0.1) is 0 Å². The molecule has 0 radical (unpaired) electrons. The Morgan fingerprint density at radius 1 is 0.852 bits per heavy atom. The Balaban J connectivity index is 2.01. The van der Waals surface area contributed by atoms with Gasteiger partial charge in [-0.05, 0) is 40.8 Å². The van der Waals surface area contributed by atoms with Gasteiger partial charge in [0.25, 0.3) is 0 Å². The maximum absolute atomic E-state index is 12.1. The van der Waals surface area contributed by atoms with Crippen molar-refractivity contribution in [3.8, 4) is 5.75 Å². The molecule has 0 aliphatic heterocycles. The van der Waals surface area contributed by atoms with Crippen molar-refractivity contribution in [3.63, 3.8) is 0 Å². The fourth-order valence-corrected chi connectivity index (χ4v) is 3.53. The molecule has 3 aromatic carbocycles. The second kappa shape index (κ2) is 7.03. The zero-order chi connectivity index (χ0) is 18.9. The number of hydrogen-bond donors (Lipinski definition) is 1. The van der Waals surface area contributed by atoms with Crippen molar-refractivity contribution in [2.24, 2.45) is 0 Å². The minimum absolute atomic E-state index is 0.617. The average molecular weight is 376 g/mol. The predicted molar refractivity (Wildman–Crippen MR) is 108 cm³/mol. The quantitative estimate of drug-likeness (QED) is 0.534. The van der Waals surface area contributed by atoms with Crippen LogP contribution in [0.2, 0.25) is 5.02 Å². The summed E-state index contributed by atoms with van der Waals surface area (Å²) in [6.45, 7) is 0. The molecular weight excluding hydrogens is 358 g/mol. The van der Waals surface area contributed by atoms with Crippen LogP contribution in [-0.4, -0.2) is 17.2 Å². The first-order chi connectivity index (χ1) is 13.1. The Morgan fingerprint density at radius 2 is 1.48 bits per heavy atom. The van der Waals surface area contributed by atoms with E-state index in [-0.39, 0.29) is 0 Å². The number of benzene rings is 3. The molecule has 0 bridgehead atoms. The number of ether oxygens (including phenoxy) is 1. The molecule has 1 aromatic heterocycles. The number of rotatable bonds is 4. The lowest BCUT2D eigenvalue weighted by atomic mass is 9.79. The molecule has 0 amide bonds. The van der Waals surface area contributed by atoms with Gasteiger partial charge in [0.1, 0.15) is 11.4 Å². The molecule has 0 spiro atoms. The lowest BCUT2D eigenvalue weighted by molar-refractivity contribution is 0.127. The normalized spacial score (nSPS) is 13.3. The van der Waals surface area contributed by atoms with E-state index in [1.165, 1.54) is 0 Å². The highest BCUT2D eigenvalue weighted by Gasteiger charge is 2.35. The van der Waals surface area contributed by atoms with Gasteiger partial charge in [-0.1, -0.05) is 60.1 Å². The summed E-state index contributed by atoms with van der Waals surface area (Å²) >= 11 is 6.08. The van der Waals surface area contributed by atoms with E-state index >= 15 is 0 Å². The van der Waals surface area contributed by atoms with Crippen LogP contribution in [0.5, 0.6) is 5.75 Å². The van der Waals surface area contributed by atoms with Crippen molar-refractivity contribution < 1.29 is 9.84 Å². The lowest BCUT2D eigenvalue weighted by Crippen LogP contribution is -2.29. The van der Waals surface area contributed by atoms with Crippen LogP contribution >= 0.6 is 11.6 Å². The highest BCUT2D eigenvalue weighted by atomic mass is 35.5. The van der Waals surface area contributed by atoms with Gasteiger partial charge < -0.3 is 9.84 Å². The van der Waals surface area contributed by atoms with E-state index in [0.717, 1.165) is 27.6 Å². The molecule has 4 rings (SSSR count). The van der Waals surface area contributed by atoms with Crippen molar-refractivity contribution in [2.75, 3.05) is 7.11 Å². The first-order valence-electron chi connectivity index (χ1n) is 8.59. The summed E-state index contributed by atoms with van der Waals surface area (Å²) in [5, 5.41) is 14.6. The fourth-order valence-electron chi connectivity index (χ4n) is 3.41. The van der Waals surface area contributed by atoms with Crippen molar-refractivity contribution in [1.82, 2.24) is 4.98 Å². The van der Waals surface area contributed by atoms with E-state index in [2.05, 4.69) is 4.98 Å². The number of hydrogen-bond acceptors (Lipinski definition) is 3. The second-order valence-corrected chi connectivity index (χ2v) is 6.79. The number of nitrogens with zero attached hydrogens (tertiary/aromatic N) is 1. The Morgan fingerprint density at radius 3 is 2.15 bits per heavy atom. The van der Waals surface area contributed by atoms with E-state index < -0.39 is 5.60 Å². The number of fused-ring (bicyclic) bond motifs is 1. The molecule has 0 aliphatic carbocycles. The van der Waals surface area contributed by atoms with Gasteiger partial charge in [0.05, 0.1) is 7.11 Å². The minimum Gasteiger partial charge on any atom is -0.497 e. The van der Waals surface area contributed by atoms with Crippen molar-refractivity contribution in [1.29, 1.82) is 0 Å². The third-order valence-electron chi connectivity index (χ3n) is 4.83. The van der Waals surface area contributed by atoms with Crippen LogP contribution < -0.4 is 4.74 Å². The van der Waals surface area contributed by atoms with Crippen LogP contribution in [0.25, 0.3) is 10.8 Å². The summed E-state index contributed by atoms with van der Waals surface area (Å²) in [6, 6.07) is 22.6. The summed E-state index contributed by atoms with van der Waals surface area (Å²) in [5.41, 5.74) is 0.775. The summed E-state index contributed by atoms with van der Waals surface area (Å²) in [7, 11) is 1.62. The van der Waals surface area contributed by atoms with Gasteiger partial charge in [0.15, 0.2) is 0 Å². The molecule has 1 unspecified atom stereocenters. The van der Waals surface area contributed by atoms with Crippen LogP contribution in [0.1, 0.15) is 16.7 Å². The van der Waals surface area contributed by atoms with Crippen molar-refractivity contribution >= 4 is 22.4 Å². The van der Waals surface area contributed by atoms with Gasteiger partial charge in [-0.3, -0.25) is 4.98 Å². The Labute approximate surface area is 162 Å². The van der Waals surface area contributed by atoms with E-state index in [4.69, 9.17) is 16.3 Å². The molecule has 0 saturated heterocycles. The highest BCUT2D eigenvalue weighted by molar-refractivity contribution is 6.30. The summed E-state index contributed by atoms with van der Waals surface area (Å²) in [6.07, 6.45) is 3.52. The molecule has 1 heterocycles. The maximum Gasteiger partial charge on any atom is 0.142 e. The van der Waals surface area contributed by atoms with Crippen molar-refractivity contribution in [3.05, 3.63) is 107 Å². The molecule has 3 nitrogen and oxygen atoms in total. The first-order valence-corrected chi connectivity index (χ1v) is 8.97. The predicted octanol–water partition coefficient (Wildman–Crippen LogP) is 5.18. The summed E-state index contributed by atoms with van der Waals surface area (Å²) < 4.78 is 5.27. The Bertz CT molecular complexity index is 1070. The van der Waals surface area contributed by atoms with Gasteiger partial charge in [0.2, 0.25) is 0 Å². The molecule has 0 aliphatic rings. The third kappa shape index (κ3) is 3.05. The molecular formula is C23H18ClNO2. The highest BCUT2D eigenvalue weighted by Crippen LogP contribution is 2.40. The largest absolute Gasteiger partial charge is 0.497 e. The van der Waals surface area contributed by atoms with E-state index in [1.807, 2.05) is 60.7 Å². The second-order valence-electron chi connectivity index (χ2n) is 6.35. The number of aliphatic hydroxyl groups is 1. The standard InChI is InChI=1S/C23H18ClNO2/c1-27-20-12-8-18(9-13-20)23(26,17-6-10-19(24)11-7-17)22-15-25-14-16-4-2-3-5-21(16)22/h2-15,26H,1H3. The first kappa shape index (κ1) is 17.5. The van der Waals surface area contributed by atoms with E-state index in [1.54, 1.807) is 31.6 Å². The molecule has 4 aromatic rings. The lowest BCUT2D eigenvalue weighted by Gasteiger charge is -2.31. The van der Waals surface area contributed by atoms with Crippen molar-refractivity contribution in [2.45, 2.75) is 5.60 Å². The van der Waals surface area contributed by atoms with Crippen LogP contribution in [0.3, 0.4) is 0 Å². The smallest absolute Gasteiger partial charge is 0.142 e. The molecule has 134 valence electrons. The molecule has 1 atom stereocenters. The topological polar surface area (TPSA) is 42.4 Å². The molecule has 0 saturated carbocycles. The minimum atomic E-state index is -1.38. The number of aromatic nitrogens is 1. The molecule has 4 heteroatoms. The maximum atomic E-state index is 12.1. The van der Waals surface area contributed by atoms with Crippen LogP contribution in [0.15, 0.2) is 85.2 Å². The Hall–Kier alpha value is -2.88. The zero-order valence-corrected chi connectivity index (χ0v) is 15.5. The summed E-state index contributed by atoms with van der Waals surface area (Å²) in [4.78, 5) is 4.37. The monoisotopic (exact) mass is 375 g/mol. The average Bonchev–Trinajstić information content (AvgIpc) is 2.73. The number of methoxy groups -OCH3 is 1. The number of halogens is 1. The van der Waals surface area contributed by atoms with E-state index in [0.29, 0.717) is 10.6 Å². The molecule has 27 heavy (non-hydrogen) atoms.